The lowest BCUT2D eigenvalue weighted by Gasteiger charge is -2.16. The molecule has 0 spiro atoms. The van der Waals surface area contributed by atoms with Gasteiger partial charge in [0, 0.05) is 31.9 Å². The molecule has 2 aromatic rings. The molecule has 2 N–H and O–H groups in total. The number of benzene rings is 1. The predicted molar refractivity (Wildman–Crippen MR) is 81.0 cm³/mol. The minimum atomic E-state index is 0.577. The second-order valence-electron chi connectivity index (χ2n) is 4.41. The van der Waals surface area contributed by atoms with Gasteiger partial charge in [0.25, 0.3) is 0 Å². The van der Waals surface area contributed by atoms with Crippen LogP contribution in [0.15, 0.2) is 36.5 Å². The Morgan fingerprint density at radius 2 is 1.95 bits per heavy atom. The van der Waals surface area contributed by atoms with E-state index >= 15 is 0 Å². The third kappa shape index (κ3) is 3.45. The van der Waals surface area contributed by atoms with E-state index in [1.807, 2.05) is 49.2 Å². The van der Waals surface area contributed by atoms with Crippen molar-refractivity contribution in [3.63, 3.8) is 0 Å². The molecule has 0 saturated heterocycles. The van der Waals surface area contributed by atoms with Crippen molar-refractivity contribution in [1.29, 1.82) is 0 Å². The number of aromatic nitrogens is 2. The van der Waals surface area contributed by atoms with Crippen LogP contribution in [0.1, 0.15) is 6.92 Å². The van der Waals surface area contributed by atoms with Crippen molar-refractivity contribution in [3.8, 4) is 17.0 Å². The van der Waals surface area contributed by atoms with Crippen LogP contribution < -0.4 is 15.4 Å². The normalized spacial score (nSPS) is 10.3. The van der Waals surface area contributed by atoms with Crippen LogP contribution in [0.25, 0.3) is 11.3 Å². The molecule has 0 amide bonds. The summed E-state index contributed by atoms with van der Waals surface area (Å²) in [5, 5.41) is 0. The van der Waals surface area contributed by atoms with Gasteiger partial charge in [-0.1, -0.05) is 0 Å². The highest BCUT2D eigenvalue weighted by Crippen LogP contribution is 2.21. The molecule has 0 aliphatic rings. The van der Waals surface area contributed by atoms with E-state index in [1.54, 1.807) is 6.20 Å². The summed E-state index contributed by atoms with van der Waals surface area (Å²) in [5.74, 6) is 1.55. The van der Waals surface area contributed by atoms with Crippen molar-refractivity contribution in [2.45, 2.75) is 6.92 Å². The zero-order chi connectivity index (χ0) is 14.4. The highest BCUT2D eigenvalue weighted by Gasteiger charge is 2.06. The molecule has 0 aliphatic heterocycles. The van der Waals surface area contributed by atoms with Crippen molar-refractivity contribution >= 4 is 5.95 Å². The predicted octanol–water partition coefficient (Wildman–Crippen LogP) is 1.94. The van der Waals surface area contributed by atoms with Crippen molar-refractivity contribution in [2.75, 3.05) is 31.6 Å². The summed E-state index contributed by atoms with van der Waals surface area (Å²) < 4.78 is 5.44. The zero-order valence-corrected chi connectivity index (χ0v) is 11.9. The Bertz CT molecular complexity index is 542. The minimum Gasteiger partial charge on any atom is -0.494 e. The van der Waals surface area contributed by atoms with E-state index in [0.29, 0.717) is 19.1 Å². The highest BCUT2D eigenvalue weighted by molar-refractivity contribution is 5.61. The van der Waals surface area contributed by atoms with E-state index in [-0.39, 0.29) is 0 Å². The Kier molecular flexibility index (Phi) is 4.90. The molecule has 0 saturated carbocycles. The molecule has 1 aromatic carbocycles. The van der Waals surface area contributed by atoms with Crippen LogP contribution >= 0.6 is 0 Å². The quantitative estimate of drug-likeness (QED) is 0.870. The van der Waals surface area contributed by atoms with Gasteiger partial charge in [0.05, 0.1) is 12.3 Å². The topological polar surface area (TPSA) is 64.3 Å². The zero-order valence-electron chi connectivity index (χ0n) is 11.9. The van der Waals surface area contributed by atoms with Crippen LogP contribution in [0.4, 0.5) is 5.95 Å². The number of nitrogens with two attached hydrogens (primary N) is 1. The first kappa shape index (κ1) is 14.3. The number of likely N-dealkylation sites (N-methyl/N-ethyl adjacent to an activating group) is 1. The third-order valence-electron chi connectivity index (χ3n) is 2.91. The SMILES string of the molecule is CCOc1ccc(-c2ccnc(N(C)CCN)n2)cc1. The van der Waals surface area contributed by atoms with Gasteiger partial charge in [-0.05, 0) is 37.3 Å². The first-order valence-electron chi connectivity index (χ1n) is 6.72. The lowest BCUT2D eigenvalue weighted by molar-refractivity contribution is 0.340. The Hall–Kier alpha value is -2.14. The van der Waals surface area contributed by atoms with Crippen LogP contribution in [-0.2, 0) is 0 Å². The lowest BCUT2D eigenvalue weighted by Crippen LogP contribution is -2.26. The molecule has 106 valence electrons. The van der Waals surface area contributed by atoms with Gasteiger partial charge in [-0.2, -0.15) is 0 Å². The van der Waals surface area contributed by atoms with E-state index in [9.17, 15) is 0 Å². The molecule has 0 radical (unpaired) electrons. The lowest BCUT2D eigenvalue weighted by atomic mass is 10.1. The standard InChI is InChI=1S/C15H20N4O/c1-3-20-13-6-4-12(5-7-13)14-8-10-17-15(18-14)19(2)11-9-16/h4-8,10H,3,9,11,16H2,1-2H3. The molecule has 20 heavy (non-hydrogen) atoms. The minimum absolute atomic E-state index is 0.577. The van der Waals surface area contributed by atoms with Gasteiger partial charge in [-0.25, -0.2) is 9.97 Å². The summed E-state index contributed by atoms with van der Waals surface area (Å²) in [6.07, 6.45) is 1.77. The molecule has 2 rings (SSSR count). The Morgan fingerprint density at radius 3 is 2.60 bits per heavy atom. The summed E-state index contributed by atoms with van der Waals surface area (Å²) >= 11 is 0. The van der Waals surface area contributed by atoms with Crippen LogP contribution in [0.5, 0.6) is 5.75 Å². The molecule has 0 fully saturated rings. The van der Waals surface area contributed by atoms with Crippen LogP contribution in [0.3, 0.4) is 0 Å². The maximum Gasteiger partial charge on any atom is 0.225 e. The molecule has 1 aromatic heterocycles. The van der Waals surface area contributed by atoms with Gasteiger partial charge in [-0.3, -0.25) is 0 Å². The summed E-state index contributed by atoms with van der Waals surface area (Å²) in [6.45, 7) is 3.94. The van der Waals surface area contributed by atoms with Gasteiger partial charge in [0.2, 0.25) is 5.95 Å². The van der Waals surface area contributed by atoms with Gasteiger partial charge in [0.1, 0.15) is 5.75 Å². The molecule has 0 atom stereocenters. The van der Waals surface area contributed by atoms with E-state index < -0.39 is 0 Å². The fraction of sp³-hybridized carbons (Fsp3) is 0.333. The molecule has 1 heterocycles. The molecule has 5 heteroatoms. The van der Waals surface area contributed by atoms with Crippen molar-refractivity contribution in [2.24, 2.45) is 5.73 Å². The molecule has 0 aliphatic carbocycles. The number of hydrogen-bond donors (Lipinski definition) is 1. The summed E-state index contributed by atoms with van der Waals surface area (Å²) in [6, 6.07) is 9.80. The van der Waals surface area contributed by atoms with Crippen LogP contribution in [-0.4, -0.2) is 36.7 Å². The Morgan fingerprint density at radius 1 is 1.20 bits per heavy atom. The fourth-order valence-electron chi connectivity index (χ4n) is 1.88. The summed E-state index contributed by atoms with van der Waals surface area (Å²) in [5.41, 5.74) is 7.48. The van der Waals surface area contributed by atoms with E-state index in [4.69, 9.17) is 10.5 Å². The number of ether oxygens (including phenoxy) is 1. The van der Waals surface area contributed by atoms with Crippen molar-refractivity contribution < 1.29 is 4.74 Å². The van der Waals surface area contributed by atoms with Gasteiger partial charge >= 0.3 is 0 Å². The number of hydrogen-bond acceptors (Lipinski definition) is 5. The first-order valence-corrected chi connectivity index (χ1v) is 6.72. The van der Waals surface area contributed by atoms with E-state index in [2.05, 4.69) is 9.97 Å². The van der Waals surface area contributed by atoms with Gasteiger partial charge < -0.3 is 15.4 Å². The molecular formula is C15H20N4O. The number of nitrogens with zero attached hydrogens (tertiary/aromatic N) is 3. The largest absolute Gasteiger partial charge is 0.494 e. The second-order valence-corrected chi connectivity index (χ2v) is 4.41. The van der Waals surface area contributed by atoms with Gasteiger partial charge in [-0.15, -0.1) is 0 Å². The second kappa shape index (κ2) is 6.86. The average Bonchev–Trinajstić information content (AvgIpc) is 2.49. The summed E-state index contributed by atoms with van der Waals surface area (Å²) in [7, 11) is 1.93. The average molecular weight is 272 g/mol. The fourth-order valence-corrected chi connectivity index (χ4v) is 1.88. The monoisotopic (exact) mass is 272 g/mol. The Balaban J connectivity index is 2.21. The third-order valence-corrected chi connectivity index (χ3v) is 2.91. The van der Waals surface area contributed by atoms with E-state index in [0.717, 1.165) is 23.6 Å². The smallest absolute Gasteiger partial charge is 0.225 e. The van der Waals surface area contributed by atoms with Crippen LogP contribution in [0, 0.1) is 0 Å². The van der Waals surface area contributed by atoms with Crippen LogP contribution in [0.2, 0.25) is 0 Å². The van der Waals surface area contributed by atoms with E-state index in [1.165, 1.54) is 0 Å². The van der Waals surface area contributed by atoms with Gasteiger partial charge in [0.15, 0.2) is 0 Å². The molecular weight excluding hydrogens is 252 g/mol. The molecule has 0 bridgehead atoms. The van der Waals surface area contributed by atoms with Crippen molar-refractivity contribution in [3.05, 3.63) is 36.5 Å². The molecule has 0 unspecified atom stereocenters. The Labute approximate surface area is 119 Å². The molecule has 5 nitrogen and oxygen atoms in total. The maximum atomic E-state index is 5.55. The number of anilines is 1. The highest BCUT2D eigenvalue weighted by atomic mass is 16.5. The maximum absolute atomic E-state index is 5.55. The first-order chi connectivity index (χ1) is 9.74. The van der Waals surface area contributed by atoms with Crippen molar-refractivity contribution in [1.82, 2.24) is 9.97 Å². The summed E-state index contributed by atoms with van der Waals surface area (Å²) in [4.78, 5) is 10.8. The number of rotatable bonds is 6.